The molecule has 28 heavy (non-hydrogen) atoms. The van der Waals surface area contributed by atoms with E-state index >= 15 is 0 Å². The quantitative estimate of drug-likeness (QED) is 0.715. The maximum Gasteiger partial charge on any atom is 0.236 e. The third kappa shape index (κ3) is 3.57. The second-order valence-electron chi connectivity index (χ2n) is 6.96. The number of amides is 2. The molecule has 144 valence electrons. The molecule has 3 aromatic rings. The normalized spacial score (nSPS) is 16.6. The van der Waals surface area contributed by atoms with E-state index < -0.39 is 0 Å². The maximum absolute atomic E-state index is 12.6. The summed E-state index contributed by atoms with van der Waals surface area (Å²) in [6, 6.07) is 9.76. The van der Waals surface area contributed by atoms with Crippen molar-refractivity contribution >= 4 is 28.8 Å². The lowest BCUT2D eigenvalue weighted by Crippen LogP contribution is -2.32. The van der Waals surface area contributed by atoms with Crippen LogP contribution in [0.25, 0.3) is 10.8 Å². The van der Waals surface area contributed by atoms with Gasteiger partial charge in [-0.1, -0.05) is 18.2 Å². The Hall–Kier alpha value is -2.93. The molecule has 7 heteroatoms. The second kappa shape index (κ2) is 7.59. The van der Waals surface area contributed by atoms with E-state index in [0.717, 1.165) is 21.7 Å². The van der Waals surface area contributed by atoms with Gasteiger partial charge in [0, 0.05) is 18.7 Å². The summed E-state index contributed by atoms with van der Waals surface area (Å²) < 4.78 is 5.47. The molecule has 1 fully saturated rings. The van der Waals surface area contributed by atoms with Crippen LogP contribution in [0.3, 0.4) is 0 Å². The monoisotopic (exact) mass is 395 g/mol. The lowest BCUT2D eigenvalue weighted by Gasteiger charge is -2.20. The minimum absolute atomic E-state index is 0.0183. The fraction of sp³-hybridized carbons (Fsp3) is 0.286. The molecule has 1 saturated heterocycles. The Morgan fingerprint density at radius 3 is 2.96 bits per heavy atom. The first kappa shape index (κ1) is 18.4. The molecule has 6 nitrogen and oxygen atoms in total. The number of aryl methyl sites for hydroxylation is 1. The summed E-state index contributed by atoms with van der Waals surface area (Å²) in [7, 11) is 0. The van der Waals surface area contributed by atoms with E-state index in [4.69, 9.17) is 4.42 Å². The molecule has 3 heterocycles. The zero-order chi connectivity index (χ0) is 19.7. The summed E-state index contributed by atoms with van der Waals surface area (Å²) in [5.74, 6) is 0.0320. The molecule has 0 unspecified atom stereocenters. The Kier molecular flexibility index (Phi) is 5.00. The van der Waals surface area contributed by atoms with Crippen LogP contribution in [-0.4, -0.2) is 23.3 Å². The number of nitrogens with one attached hydrogen (secondary N) is 1. The molecule has 0 aliphatic carbocycles. The van der Waals surface area contributed by atoms with Crippen molar-refractivity contribution in [1.29, 1.82) is 0 Å². The molecule has 0 bridgehead atoms. The van der Waals surface area contributed by atoms with E-state index in [2.05, 4.69) is 10.3 Å². The number of oxazole rings is 1. The van der Waals surface area contributed by atoms with Crippen LogP contribution in [0.1, 0.15) is 23.2 Å². The molecule has 4 rings (SSSR count). The first-order valence-electron chi connectivity index (χ1n) is 9.15. The molecule has 0 spiro atoms. The molecule has 1 aromatic carbocycles. The summed E-state index contributed by atoms with van der Waals surface area (Å²) in [6.45, 7) is 4.70. The minimum Gasteiger partial charge on any atom is -0.443 e. The SMILES string of the molecule is Cc1cccc(N2C[C@@H](C(=O)NCc3coc(-c4cccs4)n3)CC2=O)c1C. The highest BCUT2D eigenvalue weighted by atomic mass is 32.1. The average Bonchev–Trinajstić information content (AvgIpc) is 3.42. The lowest BCUT2D eigenvalue weighted by molar-refractivity contribution is -0.126. The van der Waals surface area contributed by atoms with Gasteiger partial charge in [0.2, 0.25) is 17.7 Å². The third-order valence-electron chi connectivity index (χ3n) is 5.09. The van der Waals surface area contributed by atoms with Gasteiger partial charge >= 0.3 is 0 Å². The number of carbonyl (C=O) groups is 2. The highest BCUT2D eigenvalue weighted by Gasteiger charge is 2.35. The van der Waals surface area contributed by atoms with Crippen molar-refractivity contribution in [2.45, 2.75) is 26.8 Å². The highest BCUT2D eigenvalue weighted by Crippen LogP contribution is 2.29. The van der Waals surface area contributed by atoms with E-state index in [1.165, 1.54) is 0 Å². The number of rotatable bonds is 5. The smallest absolute Gasteiger partial charge is 0.236 e. The van der Waals surface area contributed by atoms with Gasteiger partial charge in [0.15, 0.2) is 0 Å². The van der Waals surface area contributed by atoms with E-state index in [1.807, 2.05) is 49.6 Å². The van der Waals surface area contributed by atoms with Crippen LogP contribution in [0.4, 0.5) is 5.69 Å². The largest absolute Gasteiger partial charge is 0.443 e. The van der Waals surface area contributed by atoms with Gasteiger partial charge in [0.25, 0.3) is 0 Å². The van der Waals surface area contributed by atoms with Gasteiger partial charge in [-0.2, -0.15) is 0 Å². The summed E-state index contributed by atoms with van der Waals surface area (Å²) in [5, 5.41) is 4.84. The first-order valence-corrected chi connectivity index (χ1v) is 10.0. The average molecular weight is 395 g/mol. The zero-order valence-corrected chi connectivity index (χ0v) is 16.6. The van der Waals surface area contributed by atoms with Gasteiger partial charge in [-0.15, -0.1) is 11.3 Å². The van der Waals surface area contributed by atoms with Crippen LogP contribution >= 0.6 is 11.3 Å². The summed E-state index contributed by atoms with van der Waals surface area (Å²) in [6.07, 6.45) is 1.77. The third-order valence-corrected chi connectivity index (χ3v) is 5.95. The fourth-order valence-corrected chi connectivity index (χ4v) is 4.02. The lowest BCUT2D eigenvalue weighted by atomic mass is 10.1. The van der Waals surface area contributed by atoms with Gasteiger partial charge in [0.1, 0.15) is 6.26 Å². The Morgan fingerprint density at radius 1 is 1.32 bits per heavy atom. The van der Waals surface area contributed by atoms with Gasteiger partial charge in [-0.3, -0.25) is 9.59 Å². The topological polar surface area (TPSA) is 75.4 Å². The van der Waals surface area contributed by atoms with Crippen molar-refractivity contribution in [3.63, 3.8) is 0 Å². The van der Waals surface area contributed by atoms with Gasteiger partial charge in [-0.05, 0) is 42.5 Å². The molecular formula is C21H21N3O3S. The van der Waals surface area contributed by atoms with E-state index in [1.54, 1.807) is 22.5 Å². The van der Waals surface area contributed by atoms with Crippen molar-refractivity contribution < 1.29 is 14.0 Å². The van der Waals surface area contributed by atoms with E-state index in [0.29, 0.717) is 18.1 Å². The van der Waals surface area contributed by atoms with Crippen molar-refractivity contribution in [2.24, 2.45) is 5.92 Å². The number of carbonyl (C=O) groups excluding carboxylic acids is 2. The number of hydrogen-bond donors (Lipinski definition) is 1. The van der Waals surface area contributed by atoms with E-state index in [9.17, 15) is 9.59 Å². The minimum atomic E-state index is -0.365. The van der Waals surface area contributed by atoms with Crippen LogP contribution in [0.5, 0.6) is 0 Å². The number of benzene rings is 1. The van der Waals surface area contributed by atoms with E-state index in [-0.39, 0.29) is 30.7 Å². The van der Waals surface area contributed by atoms with Gasteiger partial charge < -0.3 is 14.6 Å². The molecule has 2 amide bonds. The highest BCUT2D eigenvalue weighted by molar-refractivity contribution is 7.13. The Balaban J connectivity index is 1.38. The van der Waals surface area contributed by atoms with Crippen molar-refractivity contribution in [2.75, 3.05) is 11.4 Å². The maximum atomic E-state index is 12.6. The van der Waals surface area contributed by atoms with Crippen LogP contribution < -0.4 is 10.2 Å². The van der Waals surface area contributed by atoms with Crippen LogP contribution in [0, 0.1) is 19.8 Å². The zero-order valence-electron chi connectivity index (χ0n) is 15.8. The molecule has 0 saturated carbocycles. The van der Waals surface area contributed by atoms with Crippen LogP contribution in [-0.2, 0) is 16.1 Å². The first-order chi connectivity index (χ1) is 13.5. The van der Waals surface area contributed by atoms with Crippen molar-refractivity contribution in [3.05, 3.63) is 58.8 Å². The molecule has 1 atom stereocenters. The van der Waals surface area contributed by atoms with Gasteiger partial charge in [-0.25, -0.2) is 4.98 Å². The predicted molar refractivity (Wildman–Crippen MR) is 108 cm³/mol. The molecular weight excluding hydrogens is 374 g/mol. The summed E-state index contributed by atoms with van der Waals surface area (Å²) in [4.78, 5) is 32.1. The van der Waals surface area contributed by atoms with Crippen molar-refractivity contribution in [1.82, 2.24) is 10.3 Å². The molecule has 1 N–H and O–H groups in total. The number of aromatic nitrogens is 1. The van der Waals surface area contributed by atoms with Crippen LogP contribution in [0.2, 0.25) is 0 Å². The number of anilines is 1. The Labute approximate surface area is 167 Å². The predicted octanol–water partition coefficient (Wildman–Crippen LogP) is 3.69. The molecule has 1 aliphatic rings. The fourth-order valence-electron chi connectivity index (χ4n) is 3.37. The van der Waals surface area contributed by atoms with Crippen molar-refractivity contribution in [3.8, 4) is 10.8 Å². The Bertz CT molecular complexity index is 1010. The Morgan fingerprint density at radius 2 is 2.18 bits per heavy atom. The second-order valence-corrected chi connectivity index (χ2v) is 7.91. The summed E-state index contributed by atoms with van der Waals surface area (Å²) >= 11 is 1.55. The molecule has 2 aromatic heterocycles. The molecule has 1 aliphatic heterocycles. The van der Waals surface area contributed by atoms with Crippen LogP contribution in [0.15, 0.2) is 46.4 Å². The number of thiophene rings is 1. The number of nitrogens with zero attached hydrogens (tertiary/aromatic N) is 2. The number of hydrogen-bond acceptors (Lipinski definition) is 5. The summed E-state index contributed by atoms with van der Waals surface area (Å²) in [5.41, 5.74) is 3.75. The molecule has 0 radical (unpaired) electrons. The van der Waals surface area contributed by atoms with Gasteiger partial charge in [0.05, 0.1) is 23.0 Å². The standard InChI is InChI=1S/C21H21N3O3S/c1-13-5-3-6-17(14(13)2)24-11-15(9-19(24)25)20(26)22-10-16-12-27-21(23-16)18-7-4-8-28-18/h3-8,12,15H,9-11H2,1-2H3,(H,22,26)/t15-/m0/s1.